The Bertz CT molecular complexity index is 4830. The lowest BCUT2D eigenvalue weighted by Gasteiger charge is -2.55. The zero-order valence-corrected chi connectivity index (χ0v) is 56.3. The van der Waals surface area contributed by atoms with Gasteiger partial charge in [-0.05, 0) is 207 Å². The zero-order valence-electron chi connectivity index (χ0n) is 55.4. The van der Waals surface area contributed by atoms with Crippen molar-refractivity contribution in [3.63, 3.8) is 0 Å². The maximum atomic E-state index is 19.4. The van der Waals surface area contributed by atoms with Crippen LogP contribution in [0.3, 0.4) is 0 Å². The van der Waals surface area contributed by atoms with E-state index < -0.39 is 28.8 Å². The van der Waals surface area contributed by atoms with E-state index in [-0.39, 0.29) is 0 Å². The summed E-state index contributed by atoms with van der Waals surface area (Å²) in [5.74, 6) is 1.50. The van der Waals surface area contributed by atoms with Crippen LogP contribution in [0.4, 0.5) is 68.2 Å². The van der Waals surface area contributed by atoms with Crippen molar-refractivity contribution in [1.82, 2.24) is 0 Å². The van der Waals surface area contributed by atoms with Crippen molar-refractivity contribution in [2.45, 2.75) is 126 Å². The predicted molar refractivity (Wildman–Crippen MR) is 384 cm³/mol. The highest BCUT2D eigenvalue weighted by atomic mass is 31.2. The first-order chi connectivity index (χ1) is 43.9. The van der Waals surface area contributed by atoms with Crippen molar-refractivity contribution >= 4 is 91.3 Å². The van der Waals surface area contributed by atoms with Crippen LogP contribution in [0.2, 0.25) is 0 Å². The lowest BCUT2D eigenvalue weighted by Crippen LogP contribution is -2.51. The van der Waals surface area contributed by atoms with E-state index in [0.717, 1.165) is 112 Å². The highest BCUT2D eigenvalue weighted by Gasteiger charge is 2.64. The van der Waals surface area contributed by atoms with Crippen molar-refractivity contribution in [3.05, 3.63) is 265 Å². The van der Waals surface area contributed by atoms with Crippen LogP contribution in [0.5, 0.6) is 11.5 Å². The lowest BCUT2D eigenvalue weighted by atomic mass is 9.68. The lowest BCUT2D eigenvalue weighted by molar-refractivity contribution is 0.451. The molecule has 5 aliphatic heterocycles. The second-order valence-corrected chi connectivity index (χ2v) is 32.4. The van der Waals surface area contributed by atoms with Crippen molar-refractivity contribution in [2.24, 2.45) is 0 Å². The molecule has 0 radical (unpaired) electrons. The normalized spacial score (nSPS) is 16.7. The predicted octanol–water partition coefficient (Wildman–Crippen LogP) is 22.0. The number of ether oxygens (including phenoxy) is 1. The zero-order chi connectivity index (χ0) is 63.5. The highest BCUT2D eigenvalue weighted by molar-refractivity contribution is 7.87. The molecule has 6 nitrogen and oxygen atoms in total. The third-order valence-corrected chi connectivity index (χ3v) is 25.5. The summed E-state index contributed by atoms with van der Waals surface area (Å²) in [6.07, 6.45) is 0. The first-order valence-electron chi connectivity index (χ1n) is 32.8. The Kier molecular flexibility index (Phi) is 10.9. The van der Waals surface area contributed by atoms with Gasteiger partial charge in [0.2, 0.25) is 0 Å². The molecule has 0 amide bonds. The molecule has 0 saturated heterocycles. The molecule has 18 rings (SSSR count). The molecular weight excluding hydrogens is 1140 g/mol. The summed E-state index contributed by atoms with van der Waals surface area (Å²) in [6, 6.07) is 68.7. The summed E-state index contributed by atoms with van der Waals surface area (Å²) in [6.45, 7) is 34.6. The topological polar surface area (TPSA) is 39.3 Å². The summed E-state index contributed by atoms with van der Waals surface area (Å²) in [4.78, 5) is 9.89. The summed E-state index contributed by atoms with van der Waals surface area (Å²) < 4.78 is 27.9. The summed E-state index contributed by atoms with van der Waals surface area (Å²) in [5.41, 5.74) is 33.1. The Morgan fingerprint density at radius 3 is 0.978 bits per heavy atom. The van der Waals surface area contributed by atoms with Gasteiger partial charge in [-0.15, -0.1) is 0 Å². The van der Waals surface area contributed by atoms with E-state index in [4.69, 9.17) is 4.74 Å². The van der Waals surface area contributed by atoms with Crippen LogP contribution in [0.1, 0.15) is 139 Å². The van der Waals surface area contributed by atoms with Gasteiger partial charge in [-0.3, -0.25) is 0 Å². The Balaban J connectivity index is 0.968. The van der Waals surface area contributed by atoms with Crippen LogP contribution >= 0.6 is 7.14 Å². The van der Waals surface area contributed by atoms with Crippen LogP contribution in [0, 0.1) is 48.5 Å². The largest absolute Gasteiger partial charge is 0.455 e. The van der Waals surface area contributed by atoms with Crippen LogP contribution in [0.15, 0.2) is 182 Å². The summed E-state index contributed by atoms with van der Waals surface area (Å²) in [5, 5.41) is 2.58. The quantitative estimate of drug-likeness (QED) is 0.155. The van der Waals surface area contributed by atoms with Gasteiger partial charge in [0.25, 0.3) is 0 Å². The van der Waals surface area contributed by atoms with Gasteiger partial charge in [-0.2, -0.15) is 0 Å². The van der Waals surface area contributed by atoms with Crippen LogP contribution in [0.25, 0.3) is 22.3 Å². The van der Waals surface area contributed by atoms with E-state index in [9.17, 15) is 0 Å². The fraction of sp³-hybridized carbons (Fsp3) is 0.224. The van der Waals surface area contributed by atoms with Crippen LogP contribution in [-0.4, -0.2) is 0 Å². The molecule has 0 atom stereocenters. The van der Waals surface area contributed by atoms with Gasteiger partial charge in [0, 0.05) is 66.9 Å². The monoisotopic (exact) mass is 1210 g/mol. The van der Waals surface area contributed by atoms with E-state index in [0.29, 0.717) is 0 Å². The third-order valence-electron chi connectivity index (χ3n) is 22.3. The molecule has 0 fully saturated rings. The average Bonchev–Trinajstić information content (AvgIpc) is 1.04. The maximum absolute atomic E-state index is 19.4. The smallest absolute Gasteiger partial charge is 0.186 e. The molecule has 452 valence electrons. The average molecular weight is 1220 g/mol. The number of hydrogen-bond donors (Lipinski definition) is 0. The molecule has 2 aliphatic carbocycles. The van der Waals surface area contributed by atoms with Crippen molar-refractivity contribution in [3.8, 4) is 33.8 Å². The Hall–Kier alpha value is -9.35. The number of rotatable bonds is 6. The molecule has 11 aromatic rings. The molecule has 0 N–H and O–H groups in total. The van der Waals surface area contributed by atoms with E-state index in [1.165, 1.54) is 89.0 Å². The molecule has 92 heavy (non-hydrogen) atoms. The van der Waals surface area contributed by atoms with Gasteiger partial charge in [0.05, 0.1) is 50.0 Å². The summed E-state index contributed by atoms with van der Waals surface area (Å²) >= 11 is 0. The van der Waals surface area contributed by atoms with E-state index in [1.807, 2.05) is 0 Å². The molecule has 0 unspecified atom stereocenters. The molecule has 11 aromatic carbocycles. The standard InChI is InChI=1S/C85H75N4O2P/c1-46-16-26-53(27-17-46)86(54-28-18-47(2)19-29-54)57-34-36-59-61(44-57)82(8,9)73-69(59)71-75-80-77(73)91-78-74-70(60-37-35-58(45-62(60)83(74,10)11)87(55-30-20-48(3)21-31-55)56-32-22-49(4)23-33-56)72-76-81(78)92(80,90)79-67(88(75)65-38-24-50(5)40-63(65)84(71,12)13)42-52(7)43-68(79)89(76)66-39-25-51(6)41-64(66)85(72,14)15/h16-45H,1-15H3. The van der Waals surface area contributed by atoms with Gasteiger partial charge < -0.3 is 28.9 Å². The molecule has 7 aliphatic rings. The minimum Gasteiger partial charge on any atom is -0.455 e. The number of benzene rings is 11. The fourth-order valence-corrected chi connectivity index (χ4v) is 21.4. The van der Waals surface area contributed by atoms with Gasteiger partial charge >= 0.3 is 0 Å². The number of anilines is 12. The number of aryl methyl sites for hydroxylation is 7. The van der Waals surface area contributed by atoms with Gasteiger partial charge in [-0.25, -0.2) is 0 Å². The maximum Gasteiger partial charge on any atom is 0.186 e. The van der Waals surface area contributed by atoms with Crippen LogP contribution in [-0.2, 0) is 26.2 Å². The second kappa shape index (κ2) is 18.0. The molecule has 0 aromatic heterocycles. The molecule has 0 saturated carbocycles. The second-order valence-electron chi connectivity index (χ2n) is 29.9. The van der Waals surface area contributed by atoms with E-state index >= 15 is 4.57 Å². The molecule has 0 bridgehead atoms. The molecular formula is C85H75N4O2P. The Morgan fingerprint density at radius 1 is 0.315 bits per heavy atom. The Labute approximate surface area is 541 Å². The SMILES string of the molecule is Cc1ccc(N(c2ccc(C)cc2)c2ccc3c(c2)C(C)(C)c2c4c5c6c(c2-3)C(C)(C)c2cc(C)ccc2N6c2cc(C)cc3c2P5(=O)c2c(c5c(c6c2N3c2ccc(C)cc2C6(C)C)-c2ccc(N(c3ccc(C)cc3)c3ccc(C)cc3)cc2C5(C)C)O4)cc1. The van der Waals surface area contributed by atoms with Crippen molar-refractivity contribution in [2.75, 3.05) is 19.6 Å². The molecule has 5 heterocycles. The van der Waals surface area contributed by atoms with Gasteiger partial charge in [0.1, 0.15) is 11.5 Å². The molecule has 0 spiro atoms. The van der Waals surface area contributed by atoms with Crippen LogP contribution < -0.4 is 40.3 Å². The van der Waals surface area contributed by atoms with E-state index in [1.54, 1.807) is 0 Å². The van der Waals surface area contributed by atoms with Crippen molar-refractivity contribution in [1.29, 1.82) is 0 Å². The fourth-order valence-electron chi connectivity index (χ4n) is 17.9. The minimum absolute atomic E-state index is 0.549. The highest BCUT2D eigenvalue weighted by Crippen LogP contribution is 2.76. The minimum atomic E-state index is -3.97. The number of fused-ring (bicyclic) bond motifs is 16. The Morgan fingerprint density at radius 2 is 0.630 bits per heavy atom. The third kappa shape index (κ3) is 6.88. The summed E-state index contributed by atoms with van der Waals surface area (Å²) in [7, 11) is -3.97. The number of hydrogen-bond acceptors (Lipinski definition) is 6. The first-order valence-corrected chi connectivity index (χ1v) is 34.5. The number of nitrogens with zero attached hydrogens (tertiary/aromatic N) is 4. The van der Waals surface area contributed by atoms with E-state index in [2.05, 4.69) is 305 Å². The first kappa shape index (κ1) is 55.5. The molecule has 7 heteroatoms. The van der Waals surface area contributed by atoms with Crippen molar-refractivity contribution < 1.29 is 9.30 Å². The van der Waals surface area contributed by atoms with Gasteiger partial charge in [0.15, 0.2) is 7.14 Å². The van der Waals surface area contributed by atoms with Gasteiger partial charge in [-0.1, -0.05) is 174 Å².